The maximum absolute atomic E-state index is 13.0. The maximum atomic E-state index is 13.0. The van der Waals surface area contributed by atoms with E-state index in [-0.39, 0.29) is 11.3 Å². The highest BCUT2D eigenvalue weighted by Crippen LogP contribution is 2.33. The molecule has 7 heteroatoms. The Labute approximate surface area is 141 Å². The van der Waals surface area contributed by atoms with Gasteiger partial charge in [0.25, 0.3) is 5.91 Å². The Balaban J connectivity index is 1.85. The molecule has 4 nitrogen and oxygen atoms in total. The molecule has 0 saturated carbocycles. The van der Waals surface area contributed by atoms with Crippen molar-refractivity contribution in [2.75, 3.05) is 5.32 Å². The fourth-order valence-electron chi connectivity index (χ4n) is 2.42. The van der Waals surface area contributed by atoms with Crippen molar-refractivity contribution in [1.82, 2.24) is 9.78 Å². The van der Waals surface area contributed by atoms with Gasteiger partial charge in [-0.1, -0.05) is 12.1 Å². The predicted octanol–water partition coefficient (Wildman–Crippen LogP) is 4.45. The smallest absolute Gasteiger partial charge is 0.322 e. The van der Waals surface area contributed by atoms with E-state index in [1.165, 1.54) is 19.1 Å². The van der Waals surface area contributed by atoms with Gasteiger partial charge in [0.1, 0.15) is 0 Å². The number of anilines is 1. The van der Waals surface area contributed by atoms with Crippen LogP contribution >= 0.6 is 0 Å². The molecule has 3 aromatic rings. The number of rotatable bonds is 3. The number of aryl methyl sites for hydroxylation is 1. The standard InChI is InChI=1S/C18H14F3N3O/c1-12-6-7-14(11-16(12)18(19,20)21)23-17(25)13-4-2-5-15(10-13)24-9-3-8-22-24/h2-11H,1H3,(H,23,25). The Bertz CT molecular complexity index is 902. The van der Waals surface area contributed by atoms with Gasteiger partial charge < -0.3 is 5.32 Å². The van der Waals surface area contributed by atoms with Crippen LogP contribution in [-0.2, 0) is 6.18 Å². The summed E-state index contributed by atoms with van der Waals surface area (Å²) in [5.41, 5.74) is 0.425. The average molecular weight is 345 g/mol. The fourth-order valence-corrected chi connectivity index (χ4v) is 2.42. The number of nitrogens with one attached hydrogen (secondary N) is 1. The van der Waals surface area contributed by atoms with Gasteiger partial charge in [-0.25, -0.2) is 4.68 Å². The number of benzene rings is 2. The molecule has 0 spiro atoms. The van der Waals surface area contributed by atoms with Crippen LogP contribution in [-0.4, -0.2) is 15.7 Å². The minimum Gasteiger partial charge on any atom is -0.322 e. The van der Waals surface area contributed by atoms with Gasteiger partial charge in [-0.3, -0.25) is 4.79 Å². The van der Waals surface area contributed by atoms with Crippen molar-refractivity contribution >= 4 is 11.6 Å². The van der Waals surface area contributed by atoms with Gasteiger partial charge in [0.05, 0.1) is 11.3 Å². The van der Waals surface area contributed by atoms with E-state index < -0.39 is 17.6 Å². The first kappa shape index (κ1) is 16.8. The molecule has 0 aliphatic carbocycles. The first-order chi connectivity index (χ1) is 11.8. The number of alkyl halides is 3. The summed E-state index contributed by atoms with van der Waals surface area (Å²) in [4.78, 5) is 12.4. The van der Waals surface area contributed by atoms with E-state index in [0.717, 1.165) is 6.07 Å². The Morgan fingerprint density at radius 2 is 1.92 bits per heavy atom. The summed E-state index contributed by atoms with van der Waals surface area (Å²) in [6.07, 6.45) is -1.13. The number of nitrogens with zero attached hydrogens (tertiary/aromatic N) is 2. The molecule has 0 unspecified atom stereocenters. The molecule has 128 valence electrons. The van der Waals surface area contributed by atoms with Gasteiger partial charge in [0.15, 0.2) is 0 Å². The summed E-state index contributed by atoms with van der Waals surface area (Å²) >= 11 is 0. The van der Waals surface area contributed by atoms with Crippen molar-refractivity contribution in [2.24, 2.45) is 0 Å². The summed E-state index contributed by atoms with van der Waals surface area (Å²) in [6.45, 7) is 1.38. The van der Waals surface area contributed by atoms with Crippen LogP contribution in [0, 0.1) is 6.92 Å². The molecule has 0 aliphatic rings. The van der Waals surface area contributed by atoms with Crippen molar-refractivity contribution in [1.29, 1.82) is 0 Å². The quantitative estimate of drug-likeness (QED) is 0.762. The van der Waals surface area contributed by atoms with Crippen LogP contribution in [0.1, 0.15) is 21.5 Å². The van der Waals surface area contributed by atoms with Crippen LogP contribution in [0.25, 0.3) is 5.69 Å². The van der Waals surface area contributed by atoms with Crippen molar-refractivity contribution < 1.29 is 18.0 Å². The lowest BCUT2D eigenvalue weighted by atomic mass is 10.1. The minimum atomic E-state index is -4.47. The highest BCUT2D eigenvalue weighted by Gasteiger charge is 2.32. The molecule has 0 fully saturated rings. The van der Waals surface area contributed by atoms with Crippen LogP contribution in [0.5, 0.6) is 0 Å². The number of carbonyl (C=O) groups is 1. The van der Waals surface area contributed by atoms with Crippen LogP contribution in [0.4, 0.5) is 18.9 Å². The predicted molar refractivity (Wildman–Crippen MR) is 87.7 cm³/mol. The summed E-state index contributed by atoms with van der Waals surface area (Å²) < 4.78 is 40.5. The Hall–Kier alpha value is -3.09. The molecular formula is C18H14F3N3O. The van der Waals surface area contributed by atoms with Crippen molar-refractivity contribution in [3.05, 3.63) is 77.6 Å². The lowest BCUT2D eigenvalue weighted by Gasteiger charge is -2.13. The van der Waals surface area contributed by atoms with Gasteiger partial charge >= 0.3 is 6.18 Å². The second kappa shape index (κ2) is 6.43. The van der Waals surface area contributed by atoms with Crippen LogP contribution in [0.15, 0.2) is 60.9 Å². The Morgan fingerprint density at radius 3 is 2.60 bits per heavy atom. The minimum absolute atomic E-state index is 0.0902. The highest BCUT2D eigenvalue weighted by atomic mass is 19.4. The van der Waals surface area contributed by atoms with E-state index in [0.29, 0.717) is 11.3 Å². The lowest BCUT2D eigenvalue weighted by molar-refractivity contribution is -0.138. The number of aromatic nitrogens is 2. The number of carbonyl (C=O) groups excluding carboxylic acids is 1. The first-order valence-corrected chi connectivity index (χ1v) is 7.44. The second-order valence-corrected chi connectivity index (χ2v) is 5.48. The molecule has 1 aromatic heterocycles. The molecule has 1 amide bonds. The number of hydrogen-bond donors (Lipinski definition) is 1. The number of hydrogen-bond acceptors (Lipinski definition) is 2. The summed E-state index contributed by atoms with van der Waals surface area (Å²) in [5.74, 6) is -0.494. The zero-order chi connectivity index (χ0) is 18.0. The molecule has 1 heterocycles. The molecule has 0 saturated heterocycles. The van der Waals surface area contributed by atoms with Crippen LogP contribution in [0.3, 0.4) is 0 Å². The molecule has 0 aliphatic heterocycles. The topological polar surface area (TPSA) is 46.9 Å². The van der Waals surface area contributed by atoms with Crippen molar-refractivity contribution in [3.8, 4) is 5.69 Å². The van der Waals surface area contributed by atoms with E-state index in [9.17, 15) is 18.0 Å². The van der Waals surface area contributed by atoms with E-state index in [1.54, 1.807) is 47.4 Å². The summed E-state index contributed by atoms with van der Waals surface area (Å²) in [6, 6.07) is 12.1. The Kier molecular flexibility index (Phi) is 4.31. The zero-order valence-electron chi connectivity index (χ0n) is 13.2. The molecule has 25 heavy (non-hydrogen) atoms. The third-order valence-corrected chi connectivity index (χ3v) is 3.68. The molecule has 0 radical (unpaired) electrons. The lowest BCUT2D eigenvalue weighted by Crippen LogP contribution is -2.14. The maximum Gasteiger partial charge on any atom is 0.416 e. The molecular weight excluding hydrogens is 331 g/mol. The Morgan fingerprint density at radius 1 is 1.12 bits per heavy atom. The van der Waals surface area contributed by atoms with E-state index in [4.69, 9.17) is 0 Å². The molecule has 0 bridgehead atoms. The number of halogens is 3. The largest absolute Gasteiger partial charge is 0.416 e. The van der Waals surface area contributed by atoms with E-state index in [2.05, 4.69) is 10.4 Å². The van der Waals surface area contributed by atoms with Gasteiger partial charge in [-0.15, -0.1) is 0 Å². The monoisotopic (exact) mass is 345 g/mol. The zero-order valence-corrected chi connectivity index (χ0v) is 13.2. The van der Waals surface area contributed by atoms with Crippen LogP contribution < -0.4 is 5.32 Å². The molecule has 2 aromatic carbocycles. The van der Waals surface area contributed by atoms with Gasteiger partial charge in [-0.2, -0.15) is 18.3 Å². The van der Waals surface area contributed by atoms with Crippen molar-refractivity contribution in [2.45, 2.75) is 13.1 Å². The van der Waals surface area contributed by atoms with Crippen molar-refractivity contribution in [3.63, 3.8) is 0 Å². The first-order valence-electron chi connectivity index (χ1n) is 7.44. The fraction of sp³-hybridized carbons (Fsp3) is 0.111. The van der Waals surface area contributed by atoms with E-state index in [1.807, 2.05) is 0 Å². The molecule has 1 N–H and O–H groups in total. The third-order valence-electron chi connectivity index (χ3n) is 3.68. The average Bonchev–Trinajstić information content (AvgIpc) is 3.10. The van der Waals surface area contributed by atoms with E-state index >= 15 is 0 Å². The summed E-state index contributed by atoms with van der Waals surface area (Å²) in [5, 5.41) is 6.58. The van der Waals surface area contributed by atoms with Gasteiger partial charge in [0.2, 0.25) is 0 Å². The SMILES string of the molecule is Cc1ccc(NC(=O)c2cccc(-n3cccn3)c2)cc1C(F)(F)F. The highest BCUT2D eigenvalue weighted by molar-refractivity contribution is 6.04. The molecule has 0 atom stereocenters. The second-order valence-electron chi connectivity index (χ2n) is 5.48. The normalized spacial score (nSPS) is 11.4. The third kappa shape index (κ3) is 3.71. The number of amides is 1. The van der Waals surface area contributed by atoms with Gasteiger partial charge in [-0.05, 0) is 48.9 Å². The summed E-state index contributed by atoms with van der Waals surface area (Å²) in [7, 11) is 0. The van der Waals surface area contributed by atoms with Crippen LogP contribution in [0.2, 0.25) is 0 Å². The molecule has 3 rings (SSSR count). The van der Waals surface area contributed by atoms with Gasteiger partial charge in [0, 0.05) is 23.6 Å².